The highest BCUT2D eigenvalue weighted by Crippen LogP contribution is 2.19. The lowest BCUT2D eigenvalue weighted by Gasteiger charge is -2.01. The number of hydrogen-bond donors (Lipinski definition) is 1. The summed E-state index contributed by atoms with van der Waals surface area (Å²) >= 11 is 0. The Morgan fingerprint density at radius 1 is 1.19 bits per heavy atom. The number of aryl methyl sites for hydroxylation is 1. The van der Waals surface area contributed by atoms with Gasteiger partial charge in [-0.3, -0.25) is 4.79 Å². The van der Waals surface area contributed by atoms with E-state index in [9.17, 15) is 4.79 Å². The number of carbonyl (C=O) groups is 1. The zero-order valence-electron chi connectivity index (χ0n) is 14.1. The van der Waals surface area contributed by atoms with Crippen LogP contribution in [-0.4, -0.2) is 20.7 Å². The van der Waals surface area contributed by atoms with Gasteiger partial charge in [-0.2, -0.15) is 5.10 Å². The summed E-state index contributed by atoms with van der Waals surface area (Å²) in [7, 11) is 0. The normalized spacial score (nSPS) is 11.3. The van der Waals surface area contributed by atoms with E-state index in [1.54, 1.807) is 42.1 Å². The Kier molecular flexibility index (Phi) is 4.07. The van der Waals surface area contributed by atoms with Gasteiger partial charge < -0.3 is 9.73 Å². The Bertz CT molecular complexity index is 1090. The van der Waals surface area contributed by atoms with Crippen molar-refractivity contribution in [2.24, 2.45) is 0 Å². The minimum Gasteiger partial charge on any atom is -0.441 e. The standard InChI is InChI=1S/C20H16N4O2/c1-14-22-18-11-16(8-9-19(18)26-14)23-20(25)10-7-15-12-21-24(13-15)17-5-3-2-4-6-17/h2-13H,1H3,(H,23,25)/b10-7+. The monoisotopic (exact) mass is 344 g/mol. The third-order valence-electron chi connectivity index (χ3n) is 3.81. The van der Waals surface area contributed by atoms with Crippen LogP contribution in [0.1, 0.15) is 11.5 Å². The molecule has 0 atom stereocenters. The first-order chi connectivity index (χ1) is 12.7. The Morgan fingerprint density at radius 2 is 2.04 bits per heavy atom. The number of aromatic nitrogens is 3. The number of benzene rings is 2. The van der Waals surface area contributed by atoms with E-state index < -0.39 is 0 Å². The van der Waals surface area contributed by atoms with E-state index in [2.05, 4.69) is 15.4 Å². The Labute approximate surface area is 149 Å². The summed E-state index contributed by atoms with van der Waals surface area (Å²) in [6.45, 7) is 1.79. The summed E-state index contributed by atoms with van der Waals surface area (Å²) in [6, 6.07) is 15.1. The highest BCUT2D eigenvalue weighted by atomic mass is 16.3. The minimum atomic E-state index is -0.225. The van der Waals surface area contributed by atoms with Crippen molar-refractivity contribution in [1.29, 1.82) is 0 Å². The number of hydrogen-bond acceptors (Lipinski definition) is 4. The molecule has 2 heterocycles. The zero-order chi connectivity index (χ0) is 17.9. The summed E-state index contributed by atoms with van der Waals surface area (Å²) in [6.07, 6.45) is 6.77. The molecule has 0 bridgehead atoms. The molecule has 0 aliphatic rings. The minimum absolute atomic E-state index is 0.225. The van der Waals surface area contributed by atoms with Crippen LogP contribution in [0.5, 0.6) is 0 Å². The maximum absolute atomic E-state index is 12.1. The molecule has 0 saturated heterocycles. The Hall–Kier alpha value is -3.67. The highest BCUT2D eigenvalue weighted by Gasteiger charge is 2.05. The number of fused-ring (bicyclic) bond motifs is 1. The first kappa shape index (κ1) is 15.8. The van der Waals surface area contributed by atoms with Crippen LogP contribution >= 0.6 is 0 Å². The Balaban J connectivity index is 1.44. The molecule has 1 N–H and O–H groups in total. The van der Waals surface area contributed by atoms with Gasteiger partial charge in [-0.25, -0.2) is 9.67 Å². The number of rotatable bonds is 4. The summed E-state index contributed by atoms with van der Waals surface area (Å²) in [5, 5.41) is 7.12. The van der Waals surface area contributed by atoms with Crippen molar-refractivity contribution in [2.75, 3.05) is 5.32 Å². The van der Waals surface area contributed by atoms with Crippen LogP contribution in [0.3, 0.4) is 0 Å². The largest absolute Gasteiger partial charge is 0.441 e. The maximum Gasteiger partial charge on any atom is 0.248 e. The fourth-order valence-electron chi connectivity index (χ4n) is 2.62. The molecule has 0 saturated carbocycles. The van der Waals surface area contributed by atoms with Crippen molar-refractivity contribution in [3.05, 3.63) is 78.5 Å². The average Bonchev–Trinajstić information content (AvgIpc) is 3.26. The number of carbonyl (C=O) groups excluding carboxylic acids is 1. The third-order valence-corrected chi connectivity index (χ3v) is 3.81. The molecule has 0 unspecified atom stereocenters. The van der Waals surface area contributed by atoms with E-state index in [1.807, 2.05) is 36.5 Å². The van der Waals surface area contributed by atoms with Gasteiger partial charge in [0.25, 0.3) is 0 Å². The van der Waals surface area contributed by atoms with Gasteiger partial charge in [0.05, 0.1) is 11.9 Å². The van der Waals surface area contributed by atoms with Gasteiger partial charge in [0.15, 0.2) is 11.5 Å². The molecule has 6 heteroatoms. The van der Waals surface area contributed by atoms with E-state index in [0.29, 0.717) is 22.7 Å². The van der Waals surface area contributed by atoms with Gasteiger partial charge in [-0.15, -0.1) is 0 Å². The predicted molar refractivity (Wildman–Crippen MR) is 100.0 cm³/mol. The van der Waals surface area contributed by atoms with Crippen LogP contribution < -0.4 is 5.32 Å². The lowest BCUT2D eigenvalue weighted by atomic mass is 10.2. The van der Waals surface area contributed by atoms with Gasteiger partial charge in [0.2, 0.25) is 5.91 Å². The number of para-hydroxylation sites is 1. The molecule has 0 fully saturated rings. The van der Waals surface area contributed by atoms with Gasteiger partial charge in [-0.05, 0) is 36.4 Å². The molecule has 4 aromatic rings. The third kappa shape index (κ3) is 3.39. The molecule has 128 valence electrons. The quantitative estimate of drug-likeness (QED) is 0.569. The molecule has 1 amide bonds. The predicted octanol–water partition coefficient (Wildman–Crippen LogP) is 3.97. The van der Waals surface area contributed by atoms with Crippen molar-refractivity contribution >= 4 is 28.8 Å². The van der Waals surface area contributed by atoms with Crippen LogP contribution in [0.25, 0.3) is 22.9 Å². The molecule has 0 spiro atoms. The van der Waals surface area contributed by atoms with Gasteiger partial charge in [0, 0.05) is 30.4 Å². The van der Waals surface area contributed by atoms with Crippen molar-refractivity contribution in [1.82, 2.24) is 14.8 Å². The van der Waals surface area contributed by atoms with E-state index in [0.717, 1.165) is 11.3 Å². The van der Waals surface area contributed by atoms with Gasteiger partial charge >= 0.3 is 0 Å². The Morgan fingerprint density at radius 3 is 2.88 bits per heavy atom. The van der Waals surface area contributed by atoms with E-state index in [-0.39, 0.29) is 5.91 Å². The van der Waals surface area contributed by atoms with Crippen molar-refractivity contribution in [3.63, 3.8) is 0 Å². The second-order valence-electron chi connectivity index (χ2n) is 5.79. The van der Waals surface area contributed by atoms with Crippen LogP contribution in [0, 0.1) is 6.92 Å². The fraction of sp³-hybridized carbons (Fsp3) is 0.0500. The zero-order valence-corrected chi connectivity index (χ0v) is 14.1. The summed E-state index contributed by atoms with van der Waals surface area (Å²) in [5.41, 5.74) is 3.89. The van der Waals surface area contributed by atoms with Crippen molar-refractivity contribution in [2.45, 2.75) is 6.92 Å². The number of amides is 1. The molecule has 4 rings (SSSR count). The lowest BCUT2D eigenvalue weighted by molar-refractivity contribution is -0.111. The number of nitrogens with one attached hydrogen (secondary N) is 1. The SMILES string of the molecule is Cc1nc2cc(NC(=O)/C=C/c3cnn(-c4ccccc4)c3)ccc2o1. The number of oxazole rings is 1. The molecule has 26 heavy (non-hydrogen) atoms. The summed E-state index contributed by atoms with van der Waals surface area (Å²) < 4.78 is 7.19. The summed E-state index contributed by atoms with van der Waals surface area (Å²) in [5.74, 6) is 0.371. The van der Waals surface area contributed by atoms with E-state index in [4.69, 9.17) is 4.42 Å². The first-order valence-electron chi connectivity index (χ1n) is 8.14. The molecular weight excluding hydrogens is 328 g/mol. The fourth-order valence-corrected chi connectivity index (χ4v) is 2.62. The first-order valence-corrected chi connectivity index (χ1v) is 8.14. The molecule has 0 radical (unpaired) electrons. The van der Waals surface area contributed by atoms with Gasteiger partial charge in [0.1, 0.15) is 5.52 Å². The molecule has 0 aliphatic carbocycles. The van der Waals surface area contributed by atoms with Crippen LogP contribution in [0.2, 0.25) is 0 Å². The topological polar surface area (TPSA) is 73.0 Å². The van der Waals surface area contributed by atoms with Crippen molar-refractivity contribution < 1.29 is 9.21 Å². The van der Waals surface area contributed by atoms with Crippen LogP contribution in [-0.2, 0) is 4.79 Å². The van der Waals surface area contributed by atoms with Crippen LogP contribution in [0.15, 0.2) is 71.4 Å². The molecular formula is C20H16N4O2. The summed E-state index contributed by atoms with van der Waals surface area (Å²) in [4.78, 5) is 16.4. The second-order valence-corrected chi connectivity index (χ2v) is 5.79. The second kappa shape index (κ2) is 6.68. The molecule has 6 nitrogen and oxygen atoms in total. The van der Waals surface area contributed by atoms with E-state index >= 15 is 0 Å². The molecule has 2 aromatic heterocycles. The number of anilines is 1. The molecule has 2 aromatic carbocycles. The number of nitrogens with zero attached hydrogens (tertiary/aromatic N) is 3. The smallest absolute Gasteiger partial charge is 0.248 e. The van der Waals surface area contributed by atoms with E-state index in [1.165, 1.54) is 6.08 Å². The molecule has 0 aliphatic heterocycles. The maximum atomic E-state index is 12.1. The van der Waals surface area contributed by atoms with Crippen LogP contribution in [0.4, 0.5) is 5.69 Å². The highest BCUT2D eigenvalue weighted by molar-refractivity contribution is 6.02. The average molecular weight is 344 g/mol. The van der Waals surface area contributed by atoms with Gasteiger partial charge in [-0.1, -0.05) is 18.2 Å². The lowest BCUT2D eigenvalue weighted by Crippen LogP contribution is -2.07. The van der Waals surface area contributed by atoms with Crippen molar-refractivity contribution in [3.8, 4) is 5.69 Å².